The molecule has 0 aliphatic carbocycles. The Morgan fingerprint density at radius 3 is 2.53 bits per heavy atom. The third kappa shape index (κ3) is 2.81. The van der Waals surface area contributed by atoms with Crippen molar-refractivity contribution in [3.05, 3.63) is 48.1 Å². The Bertz CT molecular complexity index is 511. The molecule has 17 heavy (non-hydrogen) atoms. The molecule has 0 saturated heterocycles. The molecule has 1 aromatic heterocycles. The monoisotopic (exact) mass is 259 g/mol. The van der Waals surface area contributed by atoms with E-state index in [1.54, 1.807) is 17.7 Å². The van der Waals surface area contributed by atoms with Crippen molar-refractivity contribution in [2.75, 3.05) is 0 Å². The lowest BCUT2D eigenvalue weighted by molar-refractivity contribution is 0.508. The summed E-state index contributed by atoms with van der Waals surface area (Å²) in [6.45, 7) is 1.80. The van der Waals surface area contributed by atoms with E-state index in [1.165, 1.54) is 12.4 Å². The highest BCUT2D eigenvalue weighted by atomic mass is 35.5. The molecule has 0 spiro atoms. The van der Waals surface area contributed by atoms with Crippen LogP contribution in [0, 0.1) is 11.6 Å². The van der Waals surface area contributed by atoms with Gasteiger partial charge in [-0.3, -0.25) is 0 Å². The van der Waals surface area contributed by atoms with Gasteiger partial charge in [-0.25, -0.2) is 13.8 Å². The third-order valence-corrected chi connectivity index (χ3v) is 2.27. The van der Waals surface area contributed by atoms with Gasteiger partial charge >= 0.3 is 0 Å². The number of aromatic nitrogens is 2. The van der Waals surface area contributed by atoms with Gasteiger partial charge in [0, 0.05) is 24.0 Å². The number of nitrogens with two attached hydrogens (primary N) is 1. The molecule has 0 unspecified atom stereocenters. The molecule has 2 N–H and O–H groups in total. The van der Waals surface area contributed by atoms with Gasteiger partial charge in [0.05, 0.1) is 12.0 Å². The van der Waals surface area contributed by atoms with E-state index < -0.39 is 11.6 Å². The minimum Gasteiger partial charge on any atom is -0.323 e. The van der Waals surface area contributed by atoms with Crippen molar-refractivity contribution in [3.8, 4) is 5.69 Å². The van der Waals surface area contributed by atoms with Crippen LogP contribution in [-0.4, -0.2) is 9.55 Å². The van der Waals surface area contributed by atoms with E-state index in [9.17, 15) is 8.78 Å². The van der Waals surface area contributed by atoms with Gasteiger partial charge in [0.15, 0.2) is 11.6 Å². The number of halogens is 3. The average molecular weight is 260 g/mol. The van der Waals surface area contributed by atoms with Crippen LogP contribution >= 0.6 is 12.4 Å². The Morgan fingerprint density at radius 2 is 2.00 bits per heavy atom. The molecule has 0 amide bonds. The molecule has 0 radical (unpaired) electrons. The second-order valence-corrected chi connectivity index (χ2v) is 3.59. The summed E-state index contributed by atoms with van der Waals surface area (Å²) in [6.07, 6.45) is 3.21. The van der Waals surface area contributed by atoms with Gasteiger partial charge in [0.25, 0.3) is 0 Å². The molecule has 0 aliphatic rings. The highest BCUT2D eigenvalue weighted by molar-refractivity contribution is 5.85. The van der Waals surface area contributed by atoms with E-state index in [2.05, 4.69) is 4.98 Å². The Balaban J connectivity index is 0.00000144. The predicted octanol–water partition coefficient (Wildman–Crippen LogP) is 2.59. The number of imidazole rings is 1. The maximum Gasteiger partial charge on any atom is 0.160 e. The highest BCUT2D eigenvalue weighted by Crippen LogP contribution is 2.15. The molecule has 2 aromatic rings. The molecule has 1 aromatic carbocycles. The lowest BCUT2D eigenvalue weighted by Gasteiger charge is -2.02. The van der Waals surface area contributed by atoms with Crippen molar-refractivity contribution in [1.82, 2.24) is 9.55 Å². The Kier molecular flexibility index (Phi) is 4.20. The molecule has 0 saturated carbocycles. The van der Waals surface area contributed by atoms with Crippen LogP contribution in [0.5, 0.6) is 0 Å². The quantitative estimate of drug-likeness (QED) is 0.901. The summed E-state index contributed by atoms with van der Waals surface area (Å²) in [4.78, 5) is 4.07. The summed E-state index contributed by atoms with van der Waals surface area (Å²) >= 11 is 0. The maximum absolute atomic E-state index is 13.0. The topological polar surface area (TPSA) is 43.8 Å². The van der Waals surface area contributed by atoms with Gasteiger partial charge in [-0.05, 0) is 19.1 Å². The minimum absolute atomic E-state index is 0. The van der Waals surface area contributed by atoms with Gasteiger partial charge in [-0.2, -0.15) is 0 Å². The first-order valence-electron chi connectivity index (χ1n) is 4.83. The minimum atomic E-state index is -0.881. The molecule has 1 atom stereocenters. The fourth-order valence-electron chi connectivity index (χ4n) is 1.36. The number of hydrogen-bond donors (Lipinski definition) is 1. The summed E-state index contributed by atoms with van der Waals surface area (Å²) in [5.74, 6) is -1.75. The Hall–Kier alpha value is -1.46. The van der Waals surface area contributed by atoms with Gasteiger partial charge < -0.3 is 10.3 Å². The second-order valence-electron chi connectivity index (χ2n) is 3.59. The van der Waals surface area contributed by atoms with Gasteiger partial charge in [0.2, 0.25) is 0 Å². The highest BCUT2D eigenvalue weighted by Gasteiger charge is 2.07. The zero-order valence-corrected chi connectivity index (χ0v) is 9.92. The van der Waals surface area contributed by atoms with Crippen LogP contribution in [0.1, 0.15) is 18.7 Å². The SMILES string of the molecule is C[C@H](N)c1cn(-c2ccc(F)c(F)c2)cn1.Cl. The fraction of sp³-hybridized carbons (Fsp3) is 0.182. The molecule has 0 fully saturated rings. The normalized spacial score (nSPS) is 12.0. The number of hydrogen-bond acceptors (Lipinski definition) is 2. The van der Waals surface area contributed by atoms with Crippen LogP contribution in [0.25, 0.3) is 5.69 Å². The molecule has 92 valence electrons. The first-order chi connectivity index (χ1) is 7.58. The molecular weight excluding hydrogens is 248 g/mol. The van der Waals surface area contributed by atoms with E-state index in [1.807, 2.05) is 0 Å². The standard InChI is InChI=1S/C11H11F2N3.ClH/c1-7(14)11-5-16(6-15-11)8-2-3-9(12)10(13)4-8;/h2-7H,14H2,1H3;1H/t7-;/m0./s1. The van der Waals surface area contributed by atoms with E-state index in [4.69, 9.17) is 5.73 Å². The van der Waals surface area contributed by atoms with Crippen molar-refractivity contribution in [2.24, 2.45) is 5.73 Å². The van der Waals surface area contributed by atoms with Crippen LogP contribution in [0.4, 0.5) is 8.78 Å². The second kappa shape index (κ2) is 5.25. The summed E-state index contributed by atoms with van der Waals surface area (Å²) < 4.78 is 27.3. The van der Waals surface area contributed by atoms with Gasteiger partial charge in [0.1, 0.15) is 0 Å². The van der Waals surface area contributed by atoms with E-state index >= 15 is 0 Å². The zero-order valence-electron chi connectivity index (χ0n) is 9.10. The van der Waals surface area contributed by atoms with E-state index in [0.717, 1.165) is 12.1 Å². The summed E-state index contributed by atoms with van der Waals surface area (Å²) in [7, 11) is 0. The van der Waals surface area contributed by atoms with Gasteiger partial charge in [-0.1, -0.05) is 0 Å². The molecule has 0 aliphatic heterocycles. The van der Waals surface area contributed by atoms with Gasteiger partial charge in [-0.15, -0.1) is 12.4 Å². The lowest BCUT2D eigenvalue weighted by Crippen LogP contribution is -2.04. The lowest BCUT2D eigenvalue weighted by atomic mass is 10.2. The number of rotatable bonds is 2. The molecule has 1 heterocycles. The first-order valence-corrected chi connectivity index (χ1v) is 4.83. The van der Waals surface area contributed by atoms with Crippen molar-refractivity contribution < 1.29 is 8.78 Å². The van der Waals surface area contributed by atoms with Crippen molar-refractivity contribution in [3.63, 3.8) is 0 Å². The van der Waals surface area contributed by atoms with Crippen LogP contribution in [0.3, 0.4) is 0 Å². The largest absolute Gasteiger partial charge is 0.323 e. The number of nitrogens with zero attached hydrogens (tertiary/aromatic N) is 2. The fourth-order valence-corrected chi connectivity index (χ4v) is 1.36. The Morgan fingerprint density at radius 1 is 1.29 bits per heavy atom. The summed E-state index contributed by atoms with van der Waals surface area (Å²) in [5.41, 5.74) is 6.86. The molecule has 3 nitrogen and oxygen atoms in total. The van der Waals surface area contributed by atoms with Crippen LogP contribution in [0.2, 0.25) is 0 Å². The van der Waals surface area contributed by atoms with Crippen LogP contribution < -0.4 is 5.73 Å². The van der Waals surface area contributed by atoms with Crippen LogP contribution in [0.15, 0.2) is 30.7 Å². The molecule has 6 heteroatoms. The Labute approximate surface area is 104 Å². The van der Waals surface area contributed by atoms with Crippen molar-refractivity contribution in [1.29, 1.82) is 0 Å². The van der Waals surface area contributed by atoms with Crippen LogP contribution in [-0.2, 0) is 0 Å². The third-order valence-electron chi connectivity index (χ3n) is 2.27. The molecule has 0 bridgehead atoms. The number of benzene rings is 1. The van der Waals surface area contributed by atoms with E-state index in [-0.39, 0.29) is 18.4 Å². The smallest absolute Gasteiger partial charge is 0.160 e. The molecular formula is C11H12ClF2N3. The maximum atomic E-state index is 13.0. The zero-order chi connectivity index (χ0) is 11.7. The predicted molar refractivity (Wildman–Crippen MR) is 63.3 cm³/mol. The van der Waals surface area contributed by atoms with E-state index in [0.29, 0.717) is 11.4 Å². The summed E-state index contributed by atoms with van der Waals surface area (Å²) in [5, 5.41) is 0. The summed E-state index contributed by atoms with van der Waals surface area (Å²) in [6, 6.07) is 3.48. The average Bonchev–Trinajstić information content (AvgIpc) is 2.71. The van der Waals surface area contributed by atoms with Crippen molar-refractivity contribution in [2.45, 2.75) is 13.0 Å². The van der Waals surface area contributed by atoms with Crippen molar-refractivity contribution >= 4 is 12.4 Å². The molecule has 2 rings (SSSR count). The first kappa shape index (κ1) is 13.6.